The molecule has 0 atom stereocenters. The van der Waals surface area contributed by atoms with E-state index in [9.17, 15) is 9.90 Å². The zero-order chi connectivity index (χ0) is 17.1. The quantitative estimate of drug-likeness (QED) is 0.720. The summed E-state index contributed by atoms with van der Waals surface area (Å²) in [6.07, 6.45) is 0.947. The first kappa shape index (κ1) is 15.9. The summed E-state index contributed by atoms with van der Waals surface area (Å²) in [5.74, 6) is 1.03. The fourth-order valence-electron chi connectivity index (χ4n) is 2.58. The Balaban J connectivity index is 1.90. The maximum absolute atomic E-state index is 11.2. The fraction of sp³-hybridized carbons (Fsp3) is 0.211. The molecule has 0 unspecified atom stereocenters. The summed E-state index contributed by atoms with van der Waals surface area (Å²) in [6, 6.07) is 12.7. The van der Waals surface area contributed by atoms with E-state index in [1.165, 1.54) is 7.11 Å². The van der Waals surface area contributed by atoms with Crippen molar-refractivity contribution in [2.24, 2.45) is 0 Å². The van der Waals surface area contributed by atoms with Crippen LogP contribution in [0.3, 0.4) is 0 Å². The van der Waals surface area contributed by atoms with E-state index in [2.05, 4.69) is 4.74 Å². The van der Waals surface area contributed by atoms with Gasteiger partial charge in [-0.2, -0.15) is 0 Å². The number of hydrogen-bond donors (Lipinski definition) is 1. The van der Waals surface area contributed by atoms with Crippen LogP contribution in [0.4, 0.5) is 0 Å². The number of carbonyl (C=O) groups excluding carboxylic acids is 1. The molecule has 24 heavy (non-hydrogen) atoms. The highest BCUT2D eigenvalue weighted by molar-refractivity contribution is 5.84. The highest BCUT2D eigenvalue weighted by atomic mass is 16.5. The van der Waals surface area contributed by atoms with Gasteiger partial charge in [0.1, 0.15) is 22.8 Å². The Kier molecular flexibility index (Phi) is 4.42. The van der Waals surface area contributed by atoms with Crippen molar-refractivity contribution in [2.75, 3.05) is 14.2 Å². The lowest BCUT2D eigenvalue weighted by molar-refractivity contribution is -0.140. The summed E-state index contributed by atoms with van der Waals surface area (Å²) in [5, 5.41) is 11.1. The lowest BCUT2D eigenvalue weighted by Gasteiger charge is -2.04. The van der Waals surface area contributed by atoms with E-state index in [1.54, 1.807) is 25.3 Å². The van der Waals surface area contributed by atoms with Crippen molar-refractivity contribution < 1.29 is 23.8 Å². The summed E-state index contributed by atoms with van der Waals surface area (Å²) in [6.45, 7) is 0. The molecule has 0 fully saturated rings. The number of benzene rings is 2. The molecule has 1 aromatic heterocycles. The first-order chi connectivity index (χ1) is 11.6. The van der Waals surface area contributed by atoms with Crippen LogP contribution in [-0.4, -0.2) is 25.3 Å². The number of fused-ring (bicyclic) bond motifs is 1. The average Bonchev–Trinajstić information content (AvgIpc) is 3.02. The lowest BCUT2D eigenvalue weighted by atomic mass is 10.1. The van der Waals surface area contributed by atoms with Crippen molar-refractivity contribution >= 4 is 16.9 Å². The molecule has 0 spiro atoms. The number of esters is 1. The molecule has 0 aliphatic heterocycles. The Morgan fingerprint density at radius 1 is 1.12 bits per heavy atom. The van der Waals surface area contributed by atoms with E-state index in [-0.39, 0.29) is 11.7 Å². The number of furan rings is 1. The smallest absolute Gasteiger partial charge is 0.305 e. The number of aryl methyl sites for hydroxylation is 1. The molecular formula is C19H18O5. The van der Waals surface area contributed by atoms with Crippen molar-refractivity contribution in [2.45, 2.75) is 12.8 Å². The van der Waals surface area contributed by atoms with Crippen LogP contribution in [0.2, 0.25) is 0 Å². The predicted octanol–water partition coefficient (Wildman–Crippen LogP) is 3.92. The van der Waals surface area contributed by atoms with Gasteiger partial charge in [0.25, 0.3) is 0 Å². The molecule has 3 rings (SSSR count). The molecule has 0 saturated carbocycles. The Morgan fingerprint density at radius 3 is 2.67 bits per heavy atom. The molecule has 3 aromatic rings. The van der Waals surface area contributed by atoms with Crippen LogP contribution in [-0.2, 0) is 16.0 Å². The number of phenolic OH excluding ortho intramolecular Hbond substituents is 1. The number of rotatable bonds is 5. The van der Waals surface area contributed by atoms with Gasteiger partial charge < -0.3 is 19.0 Å². The number of hydrogen-bond acceptors (Lipinski definition) is 5. The summed E-state index contributed by atoms with van der Waals surface area (Å²) < 4.78 is 15.6. The third-order valence-corrected chi connectivity index (χ3v) is 3.90. The molecule has 0 aliphatic carbocycles. The largest absolute Gasteiger partial charge is 0.507 e. The monoisotopic (exact) mass is 326 g/mol. The number of methoxy groups -OCH3 is 2. The summed E-state index contributed by atoms with van der Waals surface area (Å²) >= 11 is 0. The van der Waals surface area contributed by atoms with E-state index in [0.29, 0.717) is 29.9 Å². The highest BCUT2D eigenvalue weighted by Gasteiger charge is 2.12. The molecule has 5 heteroatoms. The number of ether oxygens (including phenoxy) is 2. The molecule has 1 N–H and O–H groups in total. The van der Waals surface area contributed by atoms with E-state index >= 15 is 0 Å². The van der Waals surface area contributed by atoms with Gasteiger partial charge in [0.15, 0.2) is 0 Å². The summed E-state index contributed by atoms with van der Waals surface area (Å²) in [5.41, 5.74) is 2.35. The molecule has 124 valence electrons. The van der Waals surface area contributed by atoms with Gasteiger partial charge in [-0.05, 0) is 42.3 Å². The topological polar surface area (TPSA) is 68.9 Å². The SMILES string of the molecule is COC(=O)CCc1ccc2oc(-c3ccc(OC)cc3O)cc2c1. The van der Waals surface area contributed by atoms with Gasteiger partial charge in [0.2, 0.25) is 0 Å². The van der Waals surface area contributed by atoms with Crippen LogP contribution in [0, 0.1) is 0 Å². The van der Waals surface area contributed by atoms with Gasteiger partial charge in [0, 0.05) is 17.9 Å². The normalized spacial score (nSPS) is 10.8. The zero-order valence-corrected chi connectivity index (χ0v) is 13.5. The zero-order valence-electron chi connectivity index (χ0n) is 13.5. The first-order valence-corrected chi connectivity index (χ1v) is 7.57. The lowest BCUT2D eigenvalue weighted by Crippen LogP contribution is -2.01. The van der Waals surface area contributed by atoms with Crippen molar-refractivity contribution in [3.63, 3.8) is 0 Å². The first-order valence-electron chi connectivity index (χ1n) is 7.57. The van der Waals surface area contributed by atoms with E-state index in [4.69, 9.17) is 9.15 Å². The molecule has 0 amide bonds. The second kappa shape index (κ2) is 6.66. The molecule has 2 aromatic carbocycles. The molecule has 0 bridgehead atoms. The number of carbonyl (C=O) groups is 1. The van der Waals surface area contributed by atoms with Crippen LogP contribution >= 0.6 is 0 Å². The maximum atomic E-state index is 11.2. The van der Waals surface area contributed by atoms with Crippen LogP contribution in [0.25, 0.3) is 22.3 Å². The van der Waals surface area contributed by atoms with Crippen molar-refractivity contribution in [1.82, 2.24) is 0 Å². The third kappa shape index (κ3) is 3.20. The minimum atomic E-state index is -0.230. The Hall–Kier alpha value is -2.95. The average molecular weight is 326 g/mol. The fourth-order valence-corrected chi connectivity index (χ4v) is 2.58. The maximum Gasteiger partial charge on any atom is 0.305 e. The van der Waals surface area contributed by atoms with E-state index in [0.717, 1.165) is 16.5 Å². The highest BCUT2D eigenvalue weighted by Crippen LogP contribution is 2.35. The minimum Gasteiger partial charge on any atom is -0.507 e. The Morgan fingerprint density at radius 2 is 1.96 bits per heavy atom. The van der Waals surface area contributed by atoms with Gasteiger partial charge in [-0.15, -0.1) is 0 Å². The second-order valence-electron chi connectivity index (χ2n) is 5.44. The molecule has 0 saturated heterocycles. The third-order valence-electron chi connectivity index (χ3n) is 3.90. The standard InChI is InChI=1S/C19H18O5/c1-22-14-5-6-15(16(20)11-14)18-10-13-9-12(3-7-17(13)24-18)4-8-19(21)23-2/h3,5-7,9-11,20H,4,8H2,1-2H3. The van der Waals surface area contributed by atoms with Crippen LogP contribution < -0.4 is 4.74 Å². The molecule has 0 aliphatic rings. The molecular weight excluding hydrogens is 308 g/mol. The van der Waals surface area contributed by atoms with E-state index < -0.39 is 0 Å². The predicted molar refractivity (Wildman–Crippen MR) is 90.2 cm³/mol. The summed E-state index contributed by atoms with van der Waals surface area (Å²) in [4.78, 5) is 11.2. The minimum absolute atomic E-state index is 0.0966. The number of aromatic hydroxyl groups is 1. The van der Waals surface area contributed by atoms with Crippen LogP contribution in [0.1, 0.15) is 12.0 Å². The number of phenols is 1. The van der Waals surface area contributed by atoms with Crippen molar-refractivity contribution in [3.8, 4) is 22.8 Å². The second-order valence-corrected chi connectivity index (χ2v) is 5.44. The molecule has 1 heterocycles. The van der Waals surface area contributed by atoms with Gasteiger partial charge in [-0.3, -0.25) is 4.79 Å². The van der Waals surface area contributed by atoms with Crippen LogP contribution in [0.15, 0.2) is 46.9 Å². The van der Waals surface area contributed by atoms with Gasteiger partial charge in [-0.25, -0.2) is 0 Å². The summed E-state index contributed by atoms with van der Waals surface area (Å²) in [7, 11) is 2.93. The van der Waals surface area contributed by atoms with Crippen LogP contribution in [0.5, 0.6) is 11.5 Å². The van der Waals surface area contributed by atoms with Crippen molar-refractivity contribution in [3.05, 3.63) is 48.0 Å². The van der Waals surface area contributed by atoms with Gasteiger partial charge in [-0.1, -0.05) is 6.07 Å². The Labute approximate surface area is 139 Å². The molecule has 0 radical (unpaired) electrons. The molecule has 5 nitrogen and oxygen atoms in total. The van der Waals surface area contributed by atoms with Gasteiger partial charge in [0.05, 0.1) is 19.8 Å². The van der Waals surface area contributed by atoms with Crippen molar-refractivity contribution in [1.29, 1.82) is 0 Å². The van der Waals surface area contributed by atoms with Gasteiger partial charge >= 0.3 is 5.97 Å². The van der Waals surface area contributed by atoms with E-state index in [1.807, 2.05) is 24.3 Å². The Bertz CT molecular complexity index is 879.